The normalized spacial score (nSPS) is 23.7. The fourth-order valence-electron chi connectivity index (χ4n) is 4.45. The molecule has 3 heterocycles. The Balaban J connectivity index is 1.42. The van der Waals surface area contributed by atoms with Crippen LogP contribution in [0.1, 0.15) is 16.5 Å². The first-order chi connectivity index (χ1) is 15.6. The van der Waals surface area contributed by atoms with Crippen LogP contribution in [0.15, 0.2) is 42.5 Å². The summed E-state index contributed by atoms with van der Waals surface area (Å²) in [5, 5.41) is 0.343. The molecule has 0 bridgehead atoms. The van der Waals surface area contributed by atoms with E-state index >= 15 is 0 Å². The minimum absolute atomic E-state index is 0.186. The van der Waals surface area contributed by atoms with Gasteiger partial charge in [-0.15, -0.1) is 11.8 Å². The summed E-state index contributed by atoms with van der Waals surface area (Å²) in [4.78, 5) is 31.7. The number of ether oxygens (including phenoxy) is 2. The second-order valence-corrected chi connectivity index (χ2v) is 9.55. The van der Waals surface area contributed by atoms with E-state index in [1.807, 2.05) is 12.1 Å². The van der Waals surface area contributed by atoms with Crippen molar-refractivity contribution < 1.29 is 19.1 Å². The zero-order valence-electron chi connectivity index (χ0n) is 17.7. The molecular weight excluding hydrogens is 450 g/mol. The highest BCUT2D eigenvalue weighted by Crippen LogP contribution is 2.46. The number of halogens is 1. The van der Waals surface area contributed by atoms with Gasteiger partial charge in [-0.05, 0) is 42.0 Å². The Bertz CT molecular complexity index is 1030. The second-order valence-electron chi connectivity index (χ2n) is 8.00. The predicted molar refractivity (Wildman–Crippen MR) is 124 cm³/mol. The Labute approximate surface area is 196 Å². The molecule has 0 unspecified atom stereocenters. The highest BCUT2D eigenvalue weighted by molar-refractivity contribution is 7.99. The molecule has 3 aliphatic heterocycles. The number of nitrogens with zero attached hydrogens (tertiary/aromatic N) is 3. The van der Waals surface area contributed by atoms with Crippen LogP contribution in [-0.4, -0.2) is 66.9 Å². The summed E-state index contributed by atoms with van der Waals surface area (Å²) in [6.07, 6.45) is 0. The van der Waals surface area contributed by atoms with Crippen molar-refractivity contribution in [2.75, 3.05) is 44.1 Å². The first-order valence-electron chi connectivity index (χ1n) is 10.6. The number of methoxy groups -OCH3 is 1. The number of thioether (sulfide) groups is 1. The van der Waals surface area contributed by atoms with E-state index in [0.29, 0.717) is 16.5 Å². The number of fused-ring (bicyclic) bond motifs is 1. The molecule has 3 amide bonds. The van der Waals surface area contributed by atoms with Crippen LogP contribution in [0.5, 0.6) is 5.75 Å². The van der Waals surface area contributed by atoms with Crippen LogP contribution in [0.25, 0.3) is 0 Å². The lowest BCUT2D eigenvalue weighted by atomic mass is 10.1. The minimum atomic E-state index is -0.460. The quantitative estimate of drug-likeness (QED) is 0.616. The van der Waals surface area contributed by atoms with E-state index in [0.717, 1.165) is 49.7 Å². The fourth-order valence-corrected chi connectivity index (χ4v) is 5.98. The molecule has 3 aliphatic rings. The molecule has 3 fully saturated rings. The summed E-state index contributed by atoms with van der Waals surface area (Å²) in [5.74, 6) is 1.21. The van der Waals surface area contributed by atoms with Crippen LogP contribution in [0.2, 0.25) is 5.02 Å². The molecule has 0 radical (unpaired) electrons. The van der Waals surface area contributed by atoms with E-state index in [9.17, 15) is 9.59 Å². The van der Waals surface area contributed by atoms with Gasteiger partial charge in [0.15, 0.2) is 0 Å². The van der Waals surface area contributed by atoms with Gasteiger partial charge in [-0.2, -0.15) is 0 Å². The third kappa shape index (κ3) is 3.85. The van der Waals surface area contributed by atoms with Crippen molar-refractivity contribution >= 4 is 41.0 Å². The maximum absolute atomic E-state index is 13.3. The number of carbonyl (C=O) groups is 2. The first-order valence-corrected chi connectivity index (χ1v) is 12.0. The van der Waals surface area contributed by atoms with Gasteiger partial charge in [-0.1, -0.05) is 17.7 Å². The summed E-state index contributed by atoms with van der Waals surface area (Å²) >= 11 is 7.60. The Hall–Kier alpha value is -2.26. The molecule has 32 heavy (non-hydrogen) atoms. The molecule has 2 aromatic carbocycles. The van der Waals surface area contributed by atoms with Gasteiger partial charge in [0.05, 0.1) is 26.0 Å². The van der Waals surface area contributed by atoms with Crippen molar-refractivity contribution in [2.45, 2.75) is 18.0 Å². The number of rotatable bonds is 5. The van der Waals surface area contributed by atoms with Crippen LogP contribution >= 0.6 is 23.4 Å². The number of carbonyl (C=O) groups excluding carboxylic acids is 2. The van der Waals surface area contributed by atoms with Crippen molar-refractivity contribution in [3.05, 3.63) is 58.6 Å². The number of urea groups is 1. The predicted octanol–water partition coefficient (Wildman–Crippen LogP) is 3.76. The SMILES string of the molecule is COc1ccc([C@H]2SC[C@@H]3C(=O)N(c4ccc(Cl)cc4)C(=O)N32)cc1CN1CCOCC1. The van der Waals surface area contributed by atoms with E-state index in [4.69, 9.17) is 21.1 Å². The van der Waals surface area contributed by atoms with Crippen molar-refractivity contribution in [2.24, 2.45) is 0 Å². The van der Waals surface area contributed by atoms with Crippen molar-refractivity contribution in [3.8, 4) is 5.75 Å². The van der Waals surface area contributed by atoms with Gasteiger partial charge in [0.1, 0.15) is 17.2 Å². The van der Waals surface area contributed by atoms with Crippen LogP contribution < -0.4 is 9.64 Å². The number of hydrogen-bond acceptors (Lipinski definition) is 6. The van der Waals surface area contributed by atoms with Crippen molar-refractivity contribution in [1.29, 1.82) is 0 Å². The highest BCUT2D eigenvalue weighted by atomic mass is 35.5. The summed E-state index contributed by atoms with van der Waals surface area (Å²) in [7, 11) is 1.67. The molecular formula is C23H24ClN3O4S. The molecule has 0 spiro atoms. The number of anilines is 1. The number of amides is 3. The Kier molecular flexibility index (Phi) is 6.03. The molecule has 0 saturated carbocycles. The summed E-state index contributed by atoms with van der Waals surface area (Å²) in [5.41, 5.74) is 2.62. The molecule has 2 aromatic rings. The largest absolute Gasteiger partial charge is 0.496 e. The van der Waals surface area contributed by atoms with Gasteiger partial charge < -0.3 is 9.47 Å². The van der Waals surface area contributed by atoms with Gasteiger partial charge in [0, 0.05) is 36.0 Å². The van der Waals surface area contributed by atoms with Gasteiger partial charge in [0.25, 0.3) is 5.91 Å². The molecule has 0 aromatic heterocycles. The molecule has 5 rings (SSSR count). The van der Waals surface area contributed by atoms with Crippen LogP contribution in [0.3, 0.4) is 0 Å². The summed E-state index contributed by atoms with van der Waals surface area (Å²) in [6.45, 7) is 3.97. The fraction of sp³-hybridized carbons (Fsp3) is 0.391. The standard InChI is InChI=1S/C23H24ClN3O4S/c1-30-20-7-2-15(12-16(20)13-25-8-10-31-11-9-25)22-27-19(14-32-22)21(28)26(23(27)29)18-5-3-17(24)4-6-18/h2-7,12,19,22H,8-11,13-14H2,1H3/t19-,22-/m1/s1. The van der Waals surface area contributed by atoms with Crippen LogP contribution in [0.4, 0.5) is 10.5 Å². The van der Waals surface area contributed by atoms with Gasteiger partial charge >= 0.3 is 6.03 Å². The maximum Gasteiger partial charge on any atom is 0.333 e. The summed E-state index contributed by atoms with van der Waals surface area (Å²) in [6, 6.07) is 12.1. The lowest BCUT2D eigenvalue weighted by Crippen LogP contribution is -2.36. The first kappa shape index (κ1) is 21.6. The Morgan fingerprint density at radius 1 is 1.12 bits per heavy atom. The molecule has 0 aliphatic carbocycles. The van der Waals surface area contributed by atoms with Crippen molar-refractivity contribution in [1.82, 2.24) is 9.80 Å². The molecule has 3 saturated heterocycles. The third-order valence-electron chi connectivity index (χ3n) is 6.09. The van der Waals surface area contributed by atoms with Gasteiger partial charge in [-0.3, -0.25) is 14.6 Å². The minimum Gasteiger partial charge on any atom is -0.496 e. The Morgan fingerprint density at radius 2 is 1.88 bits per heavy atom. The molecule has 0 N–H and O–H groups in total. The number of benzene rings is 2. The maximum atomic E-state index is 13.3. The number of hydrogen-bond donors (Lipinski definition) is 0. The van der Waals surface area contributed by atoms with Gasteiger partial charge in [0.2, 0.25) is 0 Å². The molecule has 9 heteroatoms. The lowest BCUT2D eigenvalue weighted by Gasteiger charge is -2.28. The topological polar surface area (TPSA) is 62.3 Å². The monoisotopic (exact) mass is 473 g/mol. The van der Waals surface area contributed by atoms with E-state index in [1.165, 1.54) is 4.90 Å². The van der Waals surface area contributed by atoms with Crippen molar-refractivity contribution in [3.63, 3.8) is 0 Å². The Morgan fingerprint density at radius 3 is 2.59 bits per heavy atom. The summed E-state index contributed by atoms with van der Waals surface area (Å²) < 4.78 is 11.1. The van der Waals surface area contributed by atoms with E-state index < -0.39 is 6.04 Å². The molecule has 168 valence electrons. The average Bonchev–Trinajstić information content (AvgIpc) is 3.35. The lowest BCUT2D eigenvalue weighted by molar-refractivity contribution is -0.119. The molecule has 7 nitrogen and oxygen atoms in total. The smallest absolute Gasteiger partial charge is 0.333 e. The zero-order chi connectivity index (χ0) is 22.2. The van der Waals surface area contributed by atoms with Crippen LogP contribution in [0, 0.1) is 0 Å². The zero-order valence-corrected chi connectivity index (χ0v) is 19.3. The van der Waals surface area contributed by atoms with Gasteiger partial charge in [-0.25, -0.2) is 9.69 Å². The number of morpholine rings is 1. The highest BCUT2D eigenvalue weighted by Gasteiger charge is 2.53. The number of imide groups is 1. The van der Waals surface area contributed by atoms with E-state index in [-0.39, 0.29) is 17.3 Å². The van der Waals surface area contributed by atoms with E-state index in [1.54, 1.807) is 48.0 Å². The second kappa shape index (κ2) is 8.94. The molecule has 2 atom stereocenters. The van der Waals surface area contributed by atoms with Crippen LogP contribution in [-0.2, 0) is 16.1 Å². The third-order valence-corrected chi connectivity index (χ3v) is 7.67. The average molecular weight is 474 g/mol. The van der Waals surface area contributed by atoms with E-state index in [2.05, 4.69) is 11.0 Å².